The summed E-state index contributed by atoms with van der Waals surface area (Å²) < 4.78 is 22.8. The maximum absolute atomic E-state index is 12.4. The fourth-order valence-electron chi connectivity index (χ4n) is 2.41. The van der Waals surface area contributed by atoms with Crippen LogP contribution < -0.4 is 10.5 Å². The van der Waals surface area contributed by atoms with Gasteiger partial charge in [0.15, 0.2) is 0 Å². The summed E-state index contributed by atoms with van der Waals surface area (Å²) in [7, 11) is -1.88. The number of nitrogens with one attached hydrogen (secondary N) is 1. The number of aryl methyl sites for hydroxylation is 1. The fraction of sp³-hybridized carbons (Fsp3) is 0.583. The molecule has 6 nitrogen and oxygen atoms in total. The summed E-state index contributed by atoms with van der Waals surface area (Å²) in [6.45, 7) is 3.02. The zero-order chi connectivity index (χ0) is 14.9. The van der Waals surface area contributed by atoms with Gasteiger partial charge in [0.25, 0.3) is 5.91 Å². The number of nitrogens with two attached hydrogens (primary N) is 1. The Labute approximate surface area is 135 Å². The van der Waals surface area contributed by atoms with E-state index in [4.69, 9.17) is 5.14 Å². The number of carbonyl (C=O) groups is 1. The molecule has 3 N–H and O–H groups in total. The van der Waals surface area contributed by atoms with Crippen LogP contribution in [-0.4, -0.2) is 45.4 Å². The van der Waals surface area contributed by atoms with Gasteiger partial charge in [-0.05, 0) is 32.9 Å². The number of carbonyl (C=O) groups excluding carboxylic acids is 1. The molecule has 2 heterocycles. The molecule has 1 atom stereocenters. The quantitative estimate of drug-likeness (QED) is 0.846. The van der Waals surface area contributed by atoms with Gasteiger partial charge in [-0.15, -0.1) is 23.7 Å². The average molecular weight is 354 g/mol. The number of rotatable bonds is 3. The number of likely N-dealkylation sites (N-methyl/N-ethyl adjacent to an activating group) is 1. The SMILES string of the molecule is CNC1CCCN(C(=O)c2cc(S(N)(=O)=O)c(C)s2)C1.Cl. The monoisotopic (exact) mass is 353 g/mol. The first-order valence-corrected chi connectivity index (χ1v) is 8.79. The molecular weight excluding hydrogens is 334 g/mol. The van der Waals surface area contributed by atoms with Crippen molar-refractivity contribution < 1.29 is 13.2 Å². The summed E-state index contributed by atoms with van der Waals surface area (Å²) in [4.78, 5) is 15.2. The van der Waals surface area contributed by atoms with Gasteiger partial charge in [0, 0.05) is 24.0 Å². The number of hydrogen-bond acceptors (Lipinski definition) is 5. The van der Waals surface area contributed by atoms with Gasteiger partial charge in [-0.1, -0.05) is 0 Å². The minimum atomic E-state index is -3.77. The van der Waals surface area contributed by atoms with Crippen molar-refractivity contribution in [2.75, 3.05) is 20.1 Å². The van der Waals surface area contributed by atoms with Crippen LogP contribution in [0, 0.1) is 6.92 Å². The number of piperidine rings is 1. The largest absolute Gasteiger partial charge is 0.336 e. The highest BCUT2D eigenvalue weighted by Crippen LogP contribution is 2.26. The average Bonchev–Trinajstić information content (AvgIpc) is 2.80. The molecule has 1 aliphatic heterocycles. The van der Waals surface area contributed by atoms with Gasteiger partial charge in [0.2, 0.25) is 10.0 Å². The minimum Gasteiger partial charge on any atom is -0.336 e. The van der Waals surface area contributed by atoms with Crippen molar-refractivity contribution in [1.82, 2.24) is 10.2 Å². The van der Waals surface area contributed by atoms with E-state index >= 15 is 0 Å². The molecule has 0 bridgehead atoms. The molecule has 1 aromatic heterocycles. The van der Waals surface area contributed by atoms with E-state index in [0.717, 1.165) is 12.8 Å². The van der Waals surface area contributed by atoms with Gasteiger partial charge in [-0.25, -0.2) is 13.6 Å². The lowest BCUT2D eigenvalue weighted by molar-refractivity contribution is 0.0703. The summed E-state index contributed by atoms with van der Waals surface area (Å²) in [6, 6.07) is 1.69. The number of halogens is 1. The molecule has 1 unspecified atom stereocenters. The topological polar surface area (TPSA) is 92.5 Å². The standard InChI is InChI=1S/C12H19N3O3S2.ClH/c1-8-11(20(13,17)18)6-10(19-8)12(16)15-5-3-4-9(7-15)14-2;/h6,9,14H,3-5,7H2,1-2H3,(H2,13,17,18);1H. The van der Waals surface area contributed by atoms with Crippen LogP contribution in [0.2, 0.25) is 0 Å². The minimum absolute atomic E-state index is 0. The van der Waals surface area contributed by atoms with Crippen LogP contribution in [-0.2, 0) is 10.0 Å². The van der Waals surface area contributed by atoms with E-state index in [9.17, 15) is 13.2 Å². The molecule has 1 saturated heterocycles. The second-order valence-corrected chi connectivity index (χ2v) is 7.74. The lowest BCUT2D eigenvalue weighted by Crippen LogP contribution is -2.46. The molecule has 21 heavy (non-hydrogen) atoms. The first kappa shape index (κ1) is 18.4. The van der Waals surface area contributed by atoms with E-state index in [2.05, 4.69) is 5.32 Å². The van der Waals surface area contributed by atoms with Crippen LogP contribution in [0.15, 0.2) is 11.0 Å². The van der Waals surface area contributed by atoms with Crippen LogP contribution in [0.1, 0.15) is 27.4 Å². The Bertz CT molecular complexity index is 615. The van der Waals surface area contributed by atoms with Gasteiger partial charge >= 0.3 is 0 Å². The highest BCUT2D eigenvalue weighted by molar-refractivity contribution is 7.89. The molecular formula is C12H20ClN3O3S2. The van der Waals surface area contributed by atoms with Crippen LogP contribution >= 0.6 is 23.7 Å². The predicted octanol–water partition coefficient (Wildman–Crippen LogP) is 0.950. The number of thiophene rings is 1. The van der Waals surface area contributed by atoms with Crippen molar-refractivity contribution in [3.05, 3.63) is 15.8 Å². The highest BCUT2D eigenvalue weighted by Gasteiger charge is 2.26. The number of likely N-dealkylation sites (tertiary alicyclic amines) is 1. The molecule has 0 spiro atoms. The lowest BCUT2D eigenvalue weighted by atomic mass is 10.1. The fourth-order valence-corrected chi connectivity index (χ4v) is 4.52. The second kappa shape index (κ2) is 7.06. The smallest absolute Gasteiger partial charge is 0.264 e. The van der Waals surface area contributed by atoms with Crippen LogP contribution in [0.5, 0.6) is 0 Å². The number of primary sulfonamides is 1. The summed E-state index contributed by atoms with van der Waals surface area (Å²) in [6.07, 6.45) is 2.00. The van der Waals surface area contributed by atoms with Gasteiger partial charge < -0.3 is 10.2 Å². The number of hydrogen-bond donors (Lipinski definition) is 2. The molecule has 0 radical (unpaired) electrons. The van der Waals surface area contributed by atoms with E-state index in [1.165, 1.54) is 17.4 Å². The summed E-state index contributed by atoms with van der Waals surface area (Å²) in [5.74, 6) is -0.118. The Balaban J connectivity index is 0.00000220. The van der Waals surface area contributed by atoms with Crippen molar-refractivity contribution in [3.8, 4) is 0 Å². The van der Waals surface area contributed by atoms with Gasteiger partial charge in [0.05, 0.1) is 9.77 Å². The molecule has 2 rings (SSSR count). The van der Waals surface area contributed by atoms with E-state index in [0.29, 0.717) is 28.9 Å². The molecule has 1 aliphatic rings. The zero-order valence-electron chi connectivity index (χ0n) is 12.0. The lowest BCUT2D eigenvalue weighted by Gasteiger charge is -2.32. The number of nitrogens with zero attached hydrogens (tertiary/aromatic N) is 1. The molecule has 0 aromatic carbocycles. The number of amides is 1. The van der Waals surface area contributed by atoms with Crippen molar-refractivity contribution >= 4 is 39.7 Å². The summed E-state index contributed by atoms with van der Waals surface area (Å²) in [5, 5.41) is 8.31. The molecule has 120 valence electrons. The predicted molar refractivity (Wildman–Crippen MR) is 85.7 cm³/mol. The van der Waals surface area contributed by atoms with Crippen LogP contribution in [0.4, 0.5) is 0 Å². The molecule has 1 fully saturated rings. The van der Waals surface area contributed by atoms with Gasteiger partial charge in [0.1, 0.15) is 0 Å². The summed E-state index contributed by atoms with van der Waals surface area (Å²) >= 11 is 1.18. The first-order valence-electron chi connectivity index (χ1n) is 6.42. The van der Waals surface area contributed by atoms with Crippen molar-refractivity contribution in [1.29, 1.82) is 0 Å². The third-order valence-electron chi connectivity index (χ3n) is 3.51. The van der Waals surface area contributed by atoms with Crippen molar-refractivity contribution in [2.24, 2.45) is 5.14 Å². The van der Waals surface area contributed by atoms with Crippen molar-refractivity contribution in [2.45, 2.75) is 30.7 Å². The molecule has 0 aliphatic carbocycles. The first-order chi connectivity index (χ1) is 9.32. The van der Waals surface area contributed by atoms with Gasteiger partial charge in [-0.2, -0.15) is 0 Å². The van der Waals surface area contributed by atoms with Crippen LogP contribution in [0.3, 0.4) is 0 Å². The third kappa shape index (κ3) is 4.17. The Morgan fingerprint density at radius 2 is 2.19 bits per heavy atom. The molecule has 1 aromatic rings. The van der Waals surface area contributed by atoms with E-state index in [1.807, 2.05) is 7.05 Å². The Morgan fingerprint density at radius 3 is 2.71 bits per heavy atom. The Hall–Kier alpha value is -0.670. The Morgan fingerprint density at radius 1 is 1.52 bits per heavy atom. The molecule has 1 amide bonds. The van der Waals surface area contributed by atoms with Crippen molar-refractivity contribution in [3.63, 3.8) is 0 Å². The second-order valence-electron chi connectivity index (χ2n) is 4.96. The molecule has 0 saturated carbocycles. The Kier molecular flexibility index (Phi) is 6.18. The normalized spacial score (nSPS) is 19.2. The van der Waals surface area contributed by atoms with E-state index in [1.54, 1.807) is 11.8 Å². The van der Waals surface area contributed by atoms with E-state index < -0.39 is 10.0 Å². The highest BCUT2D eigenvalue weighted by atomic mass is 35.5. The maximum Gasteiger partial charge on any atom is 0.264 e. The molecule has 9 heteroatoms. The van der Waals surface area contributed by atoms with Gasteiger partial charge in [-0.3, -0.25) is 4.79 Å². The van der Waals surface area contributed by atoms with Crippen LogP contribution in [0.25, 0.3) is 0 Å². The maximum atomic E-state index is 12.4. The zero-order valence-corrected chi connectivity index (χ0v) is 14.4. The third-order valence-corrected chi connectivity index (χ3v) is 5.71. The summed E-state index contributed by atoms with van der Waals surface area (Å²) in [5.41, 5.74) is 0. The number of sulfonamides is 1. The van der Waals surface area contributed by atoms with E-state index in [-0.39, 0.29) is 23.2 Å².